The Morgan fingerprint density at radius 2 is 1.96 bits per heavy atom. The van der Waals surface area contributed by atoms with Crippen LogP contribution < -0.4 is 9.64 Å². The highest BCUT2D eigenvalue weighted by atomic mass is 35.5. The lowest BCUT2D eigenvalue weighted by Crippen LogP contribution is -2.22. The van der Waals surface area contributed by atoms with Gasteiger partial charge in [0.25, 0.3) is 0 Å². The Bertz CT molecular complexity index is 743. The van der Waals surface area contributed by atoms with Gasteiger partial charge in [0, 0.05) is 13.1 Å². The summed E-state index contributed by atoms with van der Waals surface area (Å²) in [4.78, 5) is 23.2. The molecule has 1 aliphatic heterocycles. The molecule has 0 spiro atoms. The molecule has 0 atom stereocenters. The van der Waals surface area contributed by atoms with Crippen LogP contribution in [-0.4, -0.2) is 29.0 Å². The highest BCUT2D eigenvalue weighted by molar-refractivity contribution is 6.33. The molecule has 3 rings (SSSR count). The van der Waals surface area contributed by atoms with Crippen molar-refractivity contribution in [1.29, 1.82) is 0 Å². The number of carbonyl (C=O) groups is 1. The summed E-state index contributed by atoms with van der Waals surface area (Å²) in [5, 5.41) is 0.199. The van der Waals surface area contributed by atoms with Gasteiger partial charge in [0.15, 0.2) is 5.69 Å². The Labute approximate surface area is 146 Å². The van der Waals surface area contributed by atoms with Crippen molar-refractivity contribution < 1.29 is 9.53 Å². The fourth-order valence-electron chi connectivity index (χ4n) is 2.77. The van der Waals surface area contributed by atoms with Gasteiger partial charge in [-0.1, -0.05) is 43.6 Å². The first-order valence-electron chi connectivity index (χ1n) is 8.15. The zero-order valence-corrected chi connectivity index (χ0v) is 14.6. The van der Waals surface area contributed by atoms with Crippen LogP contribution in [0.15, 0.2) is 30.5 Å². The molecule has 0 amide bonds. The van der Waals surface area contributed by atoms with Crippen LogP contribution >= 0.6 is 11.6 Å². The average Bonchev–Trinajstić information content (AvgIpc) is 3.10. The quantitative estimate of drug-likeness (QED) is 0.617. The normalized spacial score (nSPS) is 14.2. The Morgan fingerprint density at radius 1 is 1.25 bits per heavy atom. The van der Waals surface area contributed by atoms with E-state index >= 15 is 0 Å². The predicted molar refractivity (Wildman–Crippen MR) is 94.0 cm³/mol. The van der Waals surface area contributed by atoms with E-state index in [1.165, 1.54) is 6.20 Å². The van der Waals surface area contributed by atoms with Crippen LogP contribution in [0.3, 0.4) is 0 Å². The number of anilines is 1. The van der Waals surface area contributed by atoms with Gasteiger partial charge in [-0.05, 0) is 30.4 Å². The summed E-state index contributed by atoms with van der Waals surface area (Å²) in [6.45, 7) is 5.89. The Balaban J connectivity index is 1.86. The molecule has 126 valence electrons. The van der Waals surface area contributed by atoms with Gasteiger partial charge in [-0.25, -0.2) is 14.8 Å². The lowest BCUT2D eigenvalue weighted by Gasteiger charge is -2.16. The van der Waals surface area contributed by atoms with E-state index in [4.69, 9.17) is 16.3 Å². The van der Waals surface area contributed by atoms with Crippen molar-refractivity contribution in [3.8, 4) is 5.75 Å². The zero-order chi connectivity index (χ0) is 17.1. The van der Waals surface area contributed by atoms with Gasteiger partial charge >= 0.3 is 5.97 Å². The van der Waals surface area contributed by atoms with Crippen molar-refractivity contribution in [1.82, 2.24) is 9.97 Å². The SMILES string of the molecule is CC(C)c1ccccc1OC(=O)c1nc(N2CCCC2)ncc1Cl. The maximum Gasteiger partial charge on any atom is 0.364 e. The van der Waals surface area contributed by atoms with Crippen molar-refractivity contribution in [2.24, 2.45) is 0 Å². The van der Waals surface area contributed by atoms with Crippen molar-refractivity contribution in [2.45, 2.75) is 32.6 Å². The minimum Gasteiger partial charge on any atom is -0.421 e. The summed E-state index contributed by atoms with van der Waals surface area (Å²) >= 11 is 6.12. The van der Waals surface area contributed by atoms with E-state index in [0.29, 0.717) is 11.7 Å². The third-order valence-electron chi connectivity index (χ3n) is 4.06. The Hall–Kier alpha value is -2.14. The zero-order valence-electron chi connectivity index (χ0n) is 13.8. The first kappa shape index (κ1) is 16.7. The highest BCUT2D eigenvalue weighted by Crippen LogP contribution is 2.27. The third-order valence-corrected chi connectivity index (χ3v) is 4.33. The fourth-order valence-corrected chi connectivity index (χ4v) is 2.94. The first-order chi connectivity index (χ1) is 11.6. The molecule has 0 unspecified atom stereocenters. The Morgan fingerprint density at radius 3 is 2.67 bits per heavy atom. The molecule has 1 aromatic carbocycles. The smallest absolute Gasteiger partial charge is 0.364 e. The summed E-state index contributed by atoms with van der Waals surface area (Å²) in [6.07, 6.45) is 3.67. The molecule has 1 aromatic heterocycles. The molecule has 24 heavy (non-hydrogen) atoms. The maximum atomic E-state index is 12.6. The molecule has 0 saturated carbocycles. The molecule has 1 aliphatic rings. The molecule has 0 bridgehead atoms. The Kier molecular flexibility index (Phi) is 5.00. The monoisotopic (exact) mass is 345 g/mol. The molecule has 6 heteroatoms. The van der Waals surface area contributed by atoms with Crippen molar-refractivity contribution in [2.75, 3.05) is 18.0 Å². The highest BCUT2D eigenvalue weighted by Gasteiger charge is 2.22. The van der Waals surface area contributed by atoms with Crippen molar-refractivity contribution in [3.05, 3.63) is 46.7 Å². The fraction of sp³-hybridized carbons (Fsp3) is 0.389. The van der Waals surface area contributed by atoms with Crippen LogP contribution in [0.4, 0.5) is 5.95 Å². The average molecular weight is 346 g/mol. The van der Waals surface area contributed by atoms with E-state index in [1.54, 1.807) is 6.07 Å². The largest absolute Gasteiger partial charge is 0.421 e. The number of para-hydroxylation sites is 1. The molecule has 1 fully saturated rings. The standard InChI is InChI=1S/C18H20ClN3O2/c1-12(2)13-7-3-4-8-15(13)24-17(23)16-14(19)11-20-18(21-16)22-9-5-6-10-22/h3-4,7-8,11-12H,5-6,9-10H2,1-2H3. The van der Waals surface area contributed by atoms with Gasteiger partial charge < -0.3 is 9.64 Å². The number of benzene rings is 1. The van der Waals surface area contributed by atoms with E-state index < -0.39 is 5.97 Å². The number of carbonyl (C=O) groups excluding carboxylic acids is 1. The van der Waals surface area contributed by atoms with Crippen LogP contribution in [-0.2, 0) is 0 Å². The number of aromatic nitrogens is 2. The van der Waals surface area contributed by atoms with Gasteiger partial charge in [0.05, 0.1) is 11.2 Å². The number of hydrogen-bond acceptors (Lipinski definition) is 5. The second kappa shape index (κ2) is 7.18. The first-order valence-corrected chi connectivity index (χ1v) is 8.52. The number of nitrogens with zero attached hydrogens (tertiary/aromatic N) is 3. The number of hydrogen-bond donors (Lipinski definition) is 0. The van der Waals surface area contributed by atoms with E-state index in [2.05, 4.69) is 28.7 Å². The molecule has 0 radical (unpaired) electrons. The summed E-state index contributed by atoms with van der Waals surface area (Å²) in [5.41, 5.74) is 1.07. The summed E-state index contributed by atoms with van der Waals surface area (Å²) in [5.74, 6) is 0.752. The second-order valence-electron chi connectivity index (χ2n) is 6.14. The van der Waals surface area contributed by atoms with Crippen LogP contribution in [0, 0.1) is 0 Å². The van der Waals surface area contributed by atoms with E-state index in [-0.39, 0.29) is 16.6 Å². The molecule has 0 N–H and O–H groups in total. The van der Waals surface area contributed by atoms with Crippen LogP contribution in [0.25, 0.3) is 0 Å². The van der Waals surface area contributed by atoms with Crippen molar-refractivity contribution >= 4 is 23.5 Å². The summed E-state index contributed by atoms with van der Waals surface area (Å²) in [6, 6.07) is 7.50. The lowest BCUT2D eigenvalue weighted by atomic mass is 10.0. The van der Waals surface area contributed by atoms with Crippen LogP contribution in [0.2, 0.25) is 5.02 Å². The molecule has 1 saturated heterocycles. The maximum absolute atomic E-state index is 12.6. The molecule has 2 heterocycles. The van der Waals surface area contributed by atoms with E-state index in [0.717, 1.165) is 31.5 Å². The van der Waals surface area contributed by atoms with Gasteiger partial charge in [-0.3, -0.25) is 0 Å². The molecule has 2 aromatic rings. The minimum absolute atomic E-state index is 0.104. The number of esters is 1. The molecule has 0 aliphatic carbocycles. The van der Waals surface area contributed by atoms with Gasteiger partial charge in [0.2, 0.25) is 5.95 Å². The van der Waals surface area contributed by atoms with E-state index in [1.807, 2.05) is 18.2 Å². The predicted octanol–water partition coefficient (Wildman–Crippen LogP) is 4.07. The van der Waals surface area contributed by atoms with E-state index in [9.17, 15) is 4.79 Å². The molecular weight excluding hydrogens is 326 g/mol. The van der Waals surface area contributed by atoms with Gasteiger partial charge in [0.1, 0.15) is 5.75 Å². The topological polar surface area (TPSA) is 55.3 Å². The molecular formula is C18H20ClN3O2. The minimum atomic E-state index is -0.559. The van der Waals surface area contributed by atoms with Crippen LogP contribution in [0.1, 0.15) is 48.7 Å². The number of rotatable bonds is 4. The summed E-state index contributed by atoms with van der Waals surface area (Å²) < 4.78 is 5.56. The van der Waals surface area contributed by atoms with Gasteiger partial charge in [-0.2, -0.15) is 0 Å². The van der Waals surface area contributed by atoms with Crippen LogP contribution in [0.5, 0.6) is 5.75 Å². The number of ether oxygens (including phenoxy) is 1. The lowest BCUT2D eigenvalue weighted by molar-refractivity contribution is 0.0726. The summed E-state index contributed by atoms with van der Waals surface area (Å²) in [7, 11) is 0. The second-order valence-corrected chi connectivity index (χ2v) is 6.55. The molecule has 5 nitrogen and oxygen atoms in total. The van der Waals surface area contributed by atoms with Crippen molar-refractivity contribution in [3.63, 3.8) is 0 Å². The number of halogens is 1. The van der Waals surface area contributed by atoms with Gasteiger partial charge in [-0.15, -0.1) is 0 Å². The third kappa shape index (κ3) is 3.51.